The molecule has 0 saturated carbocycles. The quantitative estimate of drug-likeness (QED) is 0.224. The Labute approximate surface area is 165 Å². The maximum atomic E-state index is 10.8. The van der Waals surface area contributed by atoms with Crippen molar-refractivity contribution < 1.29 is 28.2 Å². The Kier molecular flexibility index (Phi) is 7.82. The lowest BCUT2D eigenvalue weighted by atomic mass is 10.3. The predicted octanol–water partition coefficient (Wildman–Crippen LogP) is 4.24. The molecule has 0 amide bonds. The van der Waals surface area contributed by atoms with Crippen molar-refractivity contribution in [2.45, 2.75) is 6.92 Å². The third-order valence-corrected chi connectivity index (χ3v) is 5.34. The van der Waals surface area contributed by atoms with Crippen molar-refractivity contribution in [3.63, 3.8) is 0 Å². The van der Waals surface area contributed by atoms with Crippen LogP contribution in [-0.2, 0) is 21.1 Å². The molecule has 0 aliphatic rings. The van der Waals surface area contributed by atoms with Crippen molar-refractivity contribution >= 4 is 29.9 Å². The van der Waals surface area contributed by atoms with E-state index in [4.69, 9.17) is 30.1 Å². The van der Waals surface area contributed by atoms with Crippen molar-refractivity contribution in [2.24, 2.45) is 0 Å². The lowest BCUT2D eigenvalue weighted by molar-refractivity contribution is -0.385. The van der Waals surface area contributed by atoms with Crippen LogP contribution in [-0.4, -0.2) is 29.7 Å². The van der Waals surface area contributed by atoms with Crippen LogP contribution in [0.2, 0.25) is 0 Å². The van der Waals surface area contributed by atoms with Crippen molar-refractivity contribution in [2.75, 3.05) is 19.8 Å². The first-order valence-corrected chi connectivity index (χ1v) is 10.6. The molecule has 150 valence electrons. The molecule has 0 radical (unpaired) electrons. The molecule has 0 fully saturated rings. The van der Waals surface area contributed by atoms with Gasteiger partial charge < -0.3 is 13.8 Å². The van der Waals surface area contributed by atoms with Gasteiger partial charge in [-0.2, -0.15) is 0 Å². The maximum absolute atomic E-state index is 10.8. The van der Waals surface area contributed by atoms with Gasteiger partial charge in [-0.15, -0.1) is 0 Å². The molecular weight excluding hydrogens is 411 g/mol. The molecule has 0 bridgehead atoms. The van der Waals surface area contributed by atoms with Crippen LogP contribution < -0.4 is 9.05 Å². The van der Waals surface area contributed by atoms with Gasteiger partial charge >= 0.3 is 6.72 Å². The summed E-state index contributed by atoms with van der Waals surface area (Å²) in [5.41, 5.74) is -0.205. The molecule has 0 heterocycles. The van der Waals surface area contributed by atoms with Crippen LogP contribution in [0.5, 0.6) is 11.5 Å². The van der Waals surface area contributed by atoms with E-state index in [1.54, 1.807) is 0 Å². The Hall–Kier alpha value is -2.59. The van der Waals surface area contributed by atoms with Gasteiger partial charge in [0.15, 0.2) is 0 Å². The van der Waals surface area contributed by atoms with E-state index in [0.29, 0.717) is 6.61 Å². The van der Waals surface area contributed by atoms with E-state index >= 15 is 0 Å². The molecule has 2 aromatic rings. The number of hydrogen-bond acceptors (Lipinski definition) is 9. The van der Waals surface area contributed by atoms with Crippen LogP contribution in [0.15, 0.2) is 48.5 Å². The second-order valence-electron chi connectivity index (χ2n) is 5.16. The number of non-ortho nitro benzene ring substituents is 2. The number of benzene rings is 2. The van der Waals surface area contributed by atoms with Crippen molar-refractivity contribution in [3.05, 3.63) is 68.8 Å². The summed E-state index contributed by atoms with van der Waals surface area (Å²) >= 11 is 5.41. The van der Waals surface area contributed by atoms with Gasteiger partial charge in [0, 0.05) is 42.7 Å². The highest BCUT2D eigenvalue weighted by Crippen LogP contribution is 2.50. The Morgan fingerprint density at radius 3 is 1.64 bits per heavy atom. The van der Waals surface area contributed by atoms with Gasteiger partial charge in [0.1, 0.15) is 11.5 Å². The zero-order chi connectivity index (χ0) is 20.6. The smallest absolute Gasteiger partial charge is 0.416 e. The molecule has 0 unspecified atom stereocenters. The van der Waals surface area contributed by atoms with E-state index in [1.807, 2.05) is 6.92 Å². The van der Waals surface area contributed by atoms with Crippen LogP contribution in [0.1, 0.15) is 6.92 Å². The molecule has 0 atom stereocenters. The molecule has 2 aromatic carbocycles. The zero-order valence-corrected chi connectivity index (χ0v) is 16.5. The fraction of sp³-hybridized carbons (Fsp3) is 0.250. The van der Waals surface area contributed by atoms with Crippen LogP contribution in [0.3, 0.4) is 0 Å². The van der Waals surface area contributed by atoms with E-state index in [-0.39, 0.29) is 36.1 Å². The van der Waals surface area contributed by atoms with Gasteiger partial charge in [0.05, 0.1) is 23.1 Å². The molecule has 28 heavy (non-hydrogen) atoms. The van der Waals surface area contributed by atoms with Crippen molar-refractivity contribution in [3.8, 4) is 11.5 Å². The van der Waals surface area contributed by atoms with Crippen molar-refractivity contribution in [1.82, 2.24) is 0 Å². The Balaban J connectivity index is 2.17. The topological polar surface area (TPSA) is 123 Å². The molecule has 0 aliphatic carbocycles. The summed E-state index contributed by atoms with van der Waals surface area (Å²) in [5.74, 6) is 0.458. The van der Waals surface area contributed by atoms with E-state index in [2.05, 4.69) is 0 Å². The summed E-state index contributed by atoms with van der Waals surface area (Å²) in [7, 11) is 0. The van der Waals surface area contributed by atoms with Gasteiger partial charge in [-0.05, 0) is 31.2 Å². The largest absolute Gasteiger partial charge is 0.435 e. The monoisotopic (exact) mass is 428 g/mol. The number of rotatable bonds is 11. The SMILES string of the molecule is CCOCCOP(=S)(Oc1ccc([N+](=O)[O-])cc1)Oc1ccc([N+](=O)[O-])cc1. The second-order valence-corrected chi connectivity index (χ2v) is 8.02. The lowest BCUT2D eigenvalue weighted by Crippen LogP contribution is -2.09. The summed E-state index contributed by atoms with van der Waals surface area (Å²) < 4.78 is 22.1. The van der Waals surface area contributed by atoms with Gasteiger partial charge in [-0.3, -0.25) is 24.8 Å². The average Bonchev–Trinajstić information content (AvgIpc) is 2.66. The number of nitro benzene ring substituents is 2. The first-order chi connectivity index (χ1) is 13.3. The normalized spacial score (nSPS) is 11.0. The minimum atomic E-state index is -3.37. The predicted molar refractivity (Wildman–Crippen MR) is 104 cm³/mol. The first-order valence-electron chi connectivity index (χ1n) is 8.03. The number of hydrogen-bond donors (Lipinski definition) is 0. The van der Waals surface area contributed by atoms with Crippen molar-refractivity contribution in [1.29, 1.82) is 0 Å². The highest BCUT2D eigenvalue weighted by molar-refractivity contribution is 8.07. The minimum Gasteiger partial charge on any atom is -0.416 e. The van der Waals surface area contributed by atoms with Crippen LogP contribution in [0.25, 0.3) is 0 Å². The molecule has 10 nitrogen and oxygen atoms in total. The highest BCUT2D eigenvalue weighted by atomic mass is 32.5. The first kappa shape index (κ1) is 21.7. The Morgan fingerprint density at radius 2 is 1.29 bits per heavy atom. The van der Waals surface area contributed by atoms with Gasteiger partial charge in [-0.1, -0.05) is 0 Å². The zero-order valence-electron chi connectivity index (χ0n) is 14.8. The fourth-order valence-electron chi connectivity index (χ4n) is 1.94. The van der Waals surface area contributed by atoms with Gasteiger partial charge in [0.25, 0.3) is 11.4 Å². The second kappa shape index (κ2) is 10.1. The minimum absolute atomic E-state index is 0.102. The average molecular weight is 428 g/mol. The Bertz CT molecular complexity index is 796. The summed E-state index contributed by atoms with van der Waals surface area (Å²) in [6.07, 6.45) is 0. The summed E-state index contributed by atoms with van der Waals surface area (Å²) in [5, 5.41) is 21.5. The van der Waals surface area contributed by atoms with Crippen LogP contribution >= 0.6 is 6.72 Å². The van der Waals surface area contributed by atoms with E-state index in [9.17, 15) is 20.2 Å². The third kappa shape index (κ3) is 6.54. The van der Waals surface area contributed by atoms with Gasteiger partial charge in [-0.25, -0.2) is 0 Å². The number of ether oxygens (including phenoxy) is 1. The summed E-state index contributed by atoms with van der Waals surface area (Å²) in [6, 6.07) is 10.6. The molecule has 0 aliphatic heterocycles. The number of nitrogens with zero attached hydrogens (tertiary/aromatic N) is 2. The molecule has 0 spiro atoms. The lowest BCUT2D eigenvalue weighted by Gasteiger charge is -2.22. The summed E-state index contributed by atoms with van der Waals surface area (Å²) in [4.78, 5) is 20.4. The summed E-state index contributed by atoms with van der Waals surface area (Å²) in [6.45, 7) is -0.670. The standard InChI is InChI=1S/C16H17N2O8PS/c1-2-23-11-12-24-27(28,25-15-7-3-13(4-8-15)17(19)20)26-16-9-5-14(6-10-16)18(21)22/h3-10H,2,11-12H2,1H3. The highest BCUT2D eigenvalue weighted by Gasteiger charge is 2.25. The molecular formula is C16H17N2O8PS. The van der Waals surface area contributed by atoms with Gasteiger partial charge in [0.2, 0.25) is 0 Å². The third-order valence-electron chi connectivity index (χ3n) is 3.21. The van der Waals surface area contributed by atoms with Crippen LogP contribution in [0, 0.1) is 20.2 Å². The molecule has 2 rings (SSSR count). The van der Waals surface area contributed by atoms with E-state index in [0.717, 1.165) is 0 Å². The van der Waals surface area contributed by atoms with E-state index in [1.165, 1.54) is 48.5 Å². The molecule has 0 aromatic heterocycles. The van der Waals surface area contributed by atoms with E-state index < -0.39 is 16.6 Å². The number of nitro groups is 2. The maximum Gasteiger partial charge on any atom is 0.435 e. The fourth-order valence-corrected chi connectivity index (χ4v) is 3.88. The van der Waals surface area contributed by atoms with Crippen LogP contribution in [0.4, 0.5) is 11.4 Å². The molecule has 0 saturated heterocycles. The molecule has 12 heteroatoms. The molecule has 0 N–H and O–H groups in total. The Morgan fingerprint density at radius 1 is 0.857 bits per heavy atom.